The molecule has 1 spiro atoms. The lowest BCUT2D eigenvalue weighted by Gasteiger charge is -2.52. The Morgan fingerprint density at radius 2 is 1.91 bits per heavy atom. The average molecular weight is 320 g/mol. The van der Waals surface area contributed by atoms with Crippen molar-refractivity contribution in [3.63, 3.8) is 0 Å². The van der Waals surface area contributed by atoms with Gasteiger partial charge in [0.2, 0.25) is 0 Å². The number of halogens is 3. The van der Waals surface area contributed by atoms with E-state index in [1.54, 1.807) is 0 Å². The van der Waals surface area contributed by atoms with Crippen molar-refractivity contribution in [2.75, 3.05) is 6.61 Å². The van der Waals surface area contributed by atoms with Crippen molar-refractivity contribution in [1.29, 1.82) is 0 Å². The van der Waals surface area contributed by atoms with Gasteiger partial charge in [-0.15, -0.1) is 0 Å². The number of aliphatic hydroxyl groups is 1. The smallest absolute Gasteiger partial charge is 0.448 e. The molecule has 0 aromatic carbocycles. The zero-order valence-corrected chi connectivity index (χ0v) is 13.2. The van der Waals surface area contributed by atoms with Crippen molar-refractivity contribution >= 4 is 0 Å². The minimum Gasteiger partial charge on any atom is -0.504 e. The molecule has 1 saturated carbocycles. The lowest BCUT2D eigenvalue weighted by Crippen LogP contribution is -2.57. The molecule has 2 saturated heterocycles. The minimum atomic E-state index is -4.71. The summed E-state index contributed by atoms with van der Waals surface area (Å²) in [6.07, 6.45) is -1.61. The van der Waals surface area contributed by atoms with E-state index in [4.69, 9.17) is 9.47 Å². The molecule has 3 rings (SSSR count). The van der Waals surface area contributed by atoms with Crippen LogP contribution in [-0.4, -0.2) is 29.3 Å². The molecule has 0 radical (unpaired) electrons. The van der Waals surface area contributed by atoms with Crippen LogP contribution in [0.3, 0.4) is 0 Å². The largest absolute Gasteiger partial charge is 0.504 e. The third kappa shape index (κ3) is 2.26. The Kier molecular flexibility index (Phi) is 3.57. The zero-order chi connectivity index (χ0) is 16.3. The monoisotopic (exact) mass is 320 g/mol. The van der Waals surface area contributed by atoms with Crippen LogP contribution < -0.4 is 0 Å². The van der Waals surface area contributed by atoms with Gasteiger partial charge in [0.25, 0.3) is 0 Å². The molecule has 2 bridgehead atoms. The molecular formula is C16H23F3O3. The number of fused-ring (bicyclic) bond motifs is 1. The second-order valence-corrected chi connectivity index (χ2v) is 7.26. The molecular weight excluding hydrogens is 297 g/mol. The summed E-state index contributed by atoms with van der Waals surface area (Å²) in [7, 11) is 0. The molecule has 1 unspecified atom stereocenters. The van der Waals surface area contributed by atoms with Crippen molar-refractivity contribution in [1.82, 2.24) is 0 Å². The number of aliphatic hydroxyl groups excluding tert-OH is 1. The first kappa shape index (κ1) is 16.1. The number of hydrogen-bond acceptors (Lipinski definition) is 3. The topological polar surface area (TPSA) is 38.7 Å². The van der Waals surface area contributed by atoms with Crippen LogP contribution in [0, 0.1) is 17.8 Å². The molecule has 5 atom stereocenters. The van der Waals surface area contributed by atoms with E-state index >= 15 is 0 Å². The molecule has 0 aromatic rings. The van der Waals surface area contributed by atoms with Gasteiger partial charge >= 0.3 is 6.18 Å². The fraction of sp³-hybridized carbons (Fsp3) is 0.875. The van der Waals surface area contributed by atoms with Gasteiger partial charge in [0.1, 0.15) is 5.60 Å². The first-order chi connectivity index (χ1) is 10.1. The van der Waals surface area contributed by atoms with E-state index in [0.717, 1.165) is 19.3 Å². The summed E-state index contributed by atoms with van der Waals surface area (Å²) in [5, 5.41) is 9.61. The van der Waals surface area contributed by atoms with Crippen LogP contribution in [0.1, 0.15) is 46.5 Å². The maximum Gasteiger partial charge on any atom is 0.448 e. The van der Waals surface area contributed by atoms with Crippen LogP contribution >= 0.6 is 0 Å². The van der Waals surface area contributed by atoms with E-state index in [-0.39, 0.29) is 11.5 Å². The van der Waals surface area contributed by atoms with Gasteiger partial charge < -0.3 is 14.6 Å². The summed E-state index contributed by atoms with van der Waals surface area (Å²) in [5.41, 5.74) is -0.743. The number of alkyl halides is 3. The van der Waals surface area contributed by atoms with Crippen LogP contribution in [0.15, 0.2) is 11.3 Å². The van der Waals surface area contributed by atoms with E-state index in [1.165, 1.54) is 6.92 Å². The van der Waals surface area contributed by atoms with Gasteiger partial charge in [-0.05, 0) is 50.5 Å². The predicted molar refractivity (Wildman–Crippen MR) is 74.2 cm³/mol. The fourth-order valence-electron chi connectivity index (χ4n) is 4.74. The van der Waals surface area contributed by atoms with Gasteiger partial charge in [0, 0.05) is 12.3 Å². The molecule has 2 heterocycles. The number of ether oxygens (including phenoxy) is 2. The predicted octanol–water partition coefficient (Wildman–Crippen LogP) is 4.34. The Morgan fingerprint density at radius 3 is 2.55 bits per heavy atom. The summed E-state index contributed by atoms with van der Waals surface area (Å²) in [6.45, 7) is 5.68. The fourth-order valence-corrected chi connectivity index (χ4v) is 4.74. The summed E-state index contributed by atoms with van der Waals surface area (Å²) < 4.78 is 50.7. The van der Waals surface area contributed by atoms with Crippen molar-refractivity contribution in [3.8, 4) is 0 Å². The van der Waals surface area contributed by atoms with E-state index in [1.807, 2.05) is 6.92 Å². The van der Waals surface area contributed by atoms with Crippen molar-refractivity contribution in [3.05, 3.63) is 11.3 Å². The van der Waals surface area contributed by atoms with Crippen LogP contribution in [0.2, 0.25) is 0 Å². The molecule has 1 N–H and O–H groups in total. The molecule has 3 nitrogen and oxygen atoms in total. The second-order valence-electron chi connectivity index (χ2n) is 7.26. The number of allylic oxidation sites excluding steroid dienone is 1. The highest BCUT2D eigenvalue weighted by molar-refractivity contribution is 5.22. The standard InChI is InChI=1S/C16H23F3O3/c1-9-4-5-12(10(2)13(20)16(17,18)19)15-8-21-14(3,22-15)7-6-11(9)15/h9,11-12,20H,4-8H2,1-3H3/b13-10-/t9-,11?,12+,14+,15-/m1/s1. The van der Waals surface area contributed by atoms with E-state index < -0.39 is 29.2 Å². The van der Waals surface area contributed by atoms with Crippen LogP contribution in [0.4, 0.5) is 13.2 Å². The highest BCUT2D eigenvalue weighted by Gasteiger charge is 2.63. The summed E-state index contributed by atoms with van der Waals surface area (Å²) >= 11 is 0. The third-order valence-corrected chi connectivity index (χ3v) is 5.90. The lowest BCUT2D eigenvalue weighted by atomic mass is 9.60. The normalized spacial score (nSPS) is 46.2. The first-order valence-electron chi connectivity index (χ1n) is 7.90. The van der Waals surface area contributed by atoms with Crippen molar-refractivity contribution < 1.29 is 27.8 Å². The Hall–Kier alpha value is -0.750. The Balaban J connectivity index is 2.02. The summed E-state index contributed by atoms with van der Waals surface area (Å²) in [5.74, 6) is -2.04. The maximum atomic E-state index is 12.9. The summed E-state index contributed by atoms with van der Waals surface area (Å²) in [6, 6.07) is 0. The molecule has 1 aliphatic carbocycles. The molecule has 0 amide bonds. The van der Waals surface area contributed by atoms with E-state index in [0.29, 0.717) is 18.9 Å². The average Bonchev–Trinajstić information content (AvgIpc) is 2.68. The quantitative estimate of drug-likeness (QED) is 0.731. The Labute approximate surface area is 128 Å². The van der Waals surface area contributed by atoms with Crippen molar-refractivity contribution in [2.24, 2.45) is 17.8 Å². The zero-order valence-electron chi connectivity index (χ0n) is 13.2. The SMILES string of the molecule is C/C(=C(/O)C(F)(F)F)[C@@H]1CC[C@@H](C)C2CC[C@@]3(C)OC[C@@]21O3. The van der Waals surface area contributed by atoms with Gasteiger partial charge in [-0.1, -0.05) is 6.92 Å². The van der Waals surface area contributed by atoms with Crippen LogP contribution in [0.5, 0.6) is 0 Å². The maximum absolute atomic E-state index is 12.9. The van der Waals surface area contributed by atoms with E-state index in [9.17, 15) is 18.3 Å². The third-order valence-electron chi connectivity index (χ3n) is 5.90. The highest BCUT2D eigenvalue weighted by atomic mass is 19.4. The Morgan fingerprint density at radius 1 is 1.23 bits per heavy atom. The highest BCUT2D eigenvalue weighted by Crippen LogP contribution is 2.58. The minimum absolute atomic E-state index is 0.0147. The molecule has 2 aliphatic heterocycles. The van der Waals surface area contributed by atoms with Gasteiger partial charge in [0.05, 0.1) is 6.61 Å². The molecule has 22 heavy (non-hydrogen) atoms. The van der Waals surface area contributed by atoms with Gasteiger partial charge in [0.15, 0.2) is 11.5 Å². The number of rotatable bonds is 1. The van der Waals surface area contributed by atoms with Crippen LogP contribution in [0.25, 0.3) is 0 Å². The van der Waals surface area contributed by atoms with Gasteiger partial charge in [-0.2, -0.15) is 13.2 Å². The second kappa shape index (κ2) is 4.87. The molecule has 0 aromatic heterocycles. The molecule has 3 aliphatic rings. The molecule has 6 heteroatoms. The summed E-state index contributed by atoms with van der Waals surface area (Å²) in [4.78, 5) is 0. The van der Waals surface area contributed by atoms with Gasteiger partial charge in [-0.25, -0.2) is 0 Å². The Bertz CT molecular complexity index is 501. The van der Waals surface area contributed by atoms with E-state index in [2.05, 4.69) is 6.92 Å². The number of hydrogen-bond donors (Lipinski definition) is 1. The van der Waals surface area contributed by atoms with Crippen LogP contribution in [-0.2, 0) is 9.47 Å². The van der Waals surface area contributed by atoms with Gasteiger partial charge in [-0.3, -0.25) is 0 Å². The lowest BCUT2D eigenvalue weighted by molar-refractivity contribution is -0.241. The van der Waals surface area contributed by atoms with Crippen molar-refractivity contribution in [2.45, 2.75) is 64.0 Å². The molecule has 126 valence electrons. The molecule has 3 fully saturated rings. The first-order valence-corrected chi connectivity index (χ1v) is 7.90.